The van der Waals surface area contributed by atoms with Crippen molar-refractivity contribution in [2.45, 2.75) is 13.5 Å². The summed E-state index contributed by atoms with van der Waals surface area (Å²) < 4.78 is 0. The first-order chi connectivity index (χ1) is 8.65. The minimum atomic E-state index is -0.0580. The van der Waals surface area contributed by atoms with Crippen molar-refractivity contribution in [3.63, 3.8) is 0 Å². The van der Waals surface area contributed by atoms with E-state index in [1.807, 2.05) is 35.7 Å². The molecule has 2 aromatic rings. The molecule has 2 N–H and O–H groups in total. The van der Waals surface area contributed by atoms with Gasteiger partial charge in [-0.15, -0.1) is 11.3 Å². The van der Waals surface area contributed by atoms with Crippen LogP contribution in [-0.2, 0) is 11.3 Å². The third-order valence-electron chi connectivity index (χ3n) is 2.33. The maximum absolute atomic E-state index is 11.0. The van der Waals surface area contributed by atoms with E-state index in [1.54, 1.807) is 11.3 Å². The monoisotopic (exact) mass is 280 g/mol. The number of thiophene rings is 1. The van der Waals surface area contributed by atoms with Gasteiger partial charge in [-0.1, -0.05) is 17.7 Å². The summed E-state index contributed by atoms with van der Waals surface area (Å²) in [4.78, 5) is 12.1. The van der Waals surface area contributed by atoms with Gasteiger partial charge in [-0.25, -0.2) is 0 Å². The third kappa shape index (κ3) is 3.48. The highest BCUT2D eigenvalue weighted by Gasteiger charge is 2.05. The summed E-state index contributed by atoms with van der Waals surface area (Å²) in [6.07, 6.45) is 0. The summed E-state index contributed by atoms with van der Waals surface area (Å²) in [6, 6.07) is 9.46. The van der Waals surface area contributed by atoms with Gasteiger partial charge in [0.2, 0.25) is 5.91 Å². The number of halogens is 1. The molecule has 5 heteroatoms. The normalized spacial score (nSPS) is 10.1. The quantitative estimate of drug-likeness (QED) is 0.890. The maximum Gasteiger partial charge on any atom is 0.221 e. The van der Waals surface area contributed by atoms with E-state index in [9.17, 15) is 4.79 Å². The van der Waals surface area contributed by atoms with E-state index in [2.05, 4.69) is 10.6 Å². The molecule has 3 nitrogen and oxygen atoms in total. The van der Waals surface area contributed by atoms with Crippen molar-refractivity contribution >= 4 is 40.2 Å². The molecule has 1 amide bonds. The van der Waals surface area contributed by atoms with Gasteiger partial charge in [0.25, 0.3) is 0 Å². The average Bonchev–Trinajstić information content (AvgIpc) is 2.73. The molecule has 1 aromatic carbocycles. The second-order valence-corrected chi connectivity index (χ2v) is 5.24. The third-order valence-corrected chi connectivity index (χ3v) is 3.49. The van der Waals surface area contributed by atoms with E-state index in [1.165, 1.54) is 6.92 Å². The number of rotatable bonds is 4. The number of benzene rings is 1. The lowest BCUT2D eigenvalue weighted by Crippen LogP contribution is -2.08. The van der Waals surface area contributed by atoms with Crippen LogP contribution >= 0.6 is 22.9 Å². The Morgan fingerprint density at radius 2 is 2.22 bits per heavy atom. The first-order valence-electron chi connectivity index (χ1n) is 5.48. The van der Waals surface area contributed by atoms with Gasteiger partial charge in [-0.2, -0.15) is 0 Å². The number of carbonyl (C=O) groups is 1. The predicted octanol–water partition coefficient (Wildman–Crippen LogP) is 3.97. The summed E-state index contributed by atoms with van der Waals surface area (Å²) in [5.74, 6) is -0.0580. The van der Waals surface area contributed by atoms with Gasteiger partial charge in [0.05, 0.1) is 12.2 Å². The van der Waals surface area contributed by atoms with E-state index in [4.69, 9.17) is 11.6 Å². The molecule has 2 rings (SSSR count). The molecule has 0 aliphatic carbocycles. The Kier molecular flexibility index (Phi) is 4.23. The molecule has 0 bridgehead atoms. The van der Waals surface area contributed by atoms with Crippen molar-refractivity contribution in [2.75, 3.05) is 10.6 Å². The van der Waals surface area contributed by atoms with Crippen LogP contribution in [0.3, 0.4) is 0 Å². The van der Waals surface area contributed by atoms with Crippen molar-refractivity contribution < 1.29 is 4.79 Å². The molecule has 0 saturated carbocycles. The molecular weight excluding hydrogens is 268 g/mol. The maximum atomic E-state index is 11.0. The molecule has 0 fully saturated rings. The predicted molar refractivity (Wildman–Crippen MR) is 77.4 cm³/mol. The molecule has 0 radical (unpaired) electrons. The Labute approximate surface area is 115 Å². The molecule has 0 unspecified atom stereocenters. The molecule has 18 heavy (non-hydrogen) atoms. The van der Waals surface area contributed by atoms with Crippen LogP contribution in [0, 0.1) is 0 Å². The van der Waals surface area contributed by atoms with Crippen LogP contribution in [0.1, 0.15) is 11.8 Å². The Morgan fingerprint density at radius 1 is 1.39 bits per heavy atom. The number of amides is 1. The molecule has 0 saturated heterocycles. The zero-order valence-electron chi connectivity index (χ0n) is 9.87. The fraction of sp³-hybridized carbons (Fsp3) is 0.154. The second kappa shape index (κ2) is 5.89. The zero-order chi connectivity index (χ0) is 13.0. The van der Waals surface area contributed by atoms with E-state index in [-0.39, 0.29) is 5.91 Å². The van der Waals surface area contributed by atoms with Crippen molar-refractivity contribution in [3.05, 3.63) is 45.6 Å². The van der Waals surface area contributed by atoms with Crippen LogP contribution in [0.4, 0.5) is 11.4 Å². The van der Waals surface area contributed by atoms with E-state index in [0.717, 1.165) is 16.3 Å². The minimum absolute atomic E-state index is 0.0580. The van der Waals surface area contributed by atoms with Gasteiger partial charge in [0.15, 0.2) is 0 Å². The highest BCUT2D eigenvalue weighted by Crippen LogP contribution is 2.24. The van der Waals surface area contributed by atoms with Crippen molar-refractivity contribution in [3.8, 4) is 0 Å². The molecule has 0 atom stereocenters. The molecule has 0 aliphatic heterocycles. The SMILES string of the molecule is CC(=O)Nc1ccsc1CNc1cccc(Cl)c1. The lowest BCUT2D eigenvalue weighted by Gasteiger charge is -2.07. The van der Waals surface area contributed by atoms with Crippen LogP contribution in [-0.4, -0.2) is 5.91 Å². The van der Waals surface area contributed by atoms with Gasteiger partial charge >= 0.3 is 0 Å². The average molecular weight is 281 g/mol. The van der Waals surface area contributed by atoms with Crippen LogP contribution in [0.5, 0.6) is 0 Å². The van der Waals surface area contributed by atoms with Crippen molar-refractivity contribution in [2.24, 2.45) is 0 Å². The lowest BCUT2D eigenvalue weighted by atomic mass is 10.3. The number of nitrogens with one attached hydrogen (secondary N) is 2. The summed E-state index contributed by atoms with van der Waals surface area (Å²) in [5, 5.41) is 8.74. The van der Waals surface area contributed by atoms with Crippen LogP contribution in [0.2, 0.25) is 5.02 Å². The molecule has 0 spiro atoms. The summed E-state index contributed by atoms with van der Waals surface area (Å²) in [5.41, 5.74) is 1.83. The van der Waals surface area contributed by atoms with Crippen molar-refractivity contribution in [1.29, 1.82) is 0 Å². The fourth-order valence-corrected chi connectivity index (χ4v) is 2.52. The Hall–Kier alpha value is -1.52. The fourth-order valence-electron chi connectivity index (χ4n) is 1.56. The molecule has 1 aromatic heterocycles. The Morgan fingerprint density at radius 3 is 2.94 bits per heavy atom. The highest BCUT2D eigenvalue weighted by atomic mass is 35.5. The summed E-state index contributed by atoms with van der Waals surface area (Å²) in [7, 11) is 0. The first-order valence-corrected chi connectivity index (χ1v) is 6.74. The second-order valence-electron chi connectivity index (χ2n) is 3.80. The number of hydrogen-bond acceptors (Lipinski definition) is 3. The van der Waals surface area contributed by atoms with Gasteiger partial charge in [-0.05, 0) is 29.6 Å². The van der Waals surface area contributed by atoms with Crippen LogP contribution in [0.15, 0.2) is 35.7 Å². The van der Waals surface area contributed by atoms with E-state index in [0.29, 0.717) is 11.6 Å². The van der Waals surface area contributed by atoms with Gasteiger partial charge in [0.1, 0.15) is 0 Å². The molecule has 0 aliphatic rings. The summed E-state index contributed by atoms with van der Waals surface area (Å²) >= 11 is 7.52. The van der Waals surface area contributed by atoms with Crippen LogP contribution < -0.4 is 10.6 Å². The van der Waals surface area contributed by atoms with Gasteiger partial charge in [-0.3, -0.25) is 4.79 Å². The van der Waals surface area contributed by atoms with Crippen LogP contribution in [0.25, 0.3) is 0 Å². The van der Waals surface area contributed by atoms with E-state index >= 15 is 0 Å². The van der Waals surface area contributed by atoms with Gasteiger partial charge < -0.3 is 10.6 Å². The zero-order valence-corrected chi connectivity index (χ0v) is 11.4. The molecule has 1 heterocycles. The highest BCUT2D eigenvalue weighted by molar-refractivity contribution is 7.10. The Balaban J connectivity index is 2.02. The number of anilines is 2. The largest absolute Gasteiger partial charge is 0.380 e. The number of hydrogen-bond donors (Lipinski definition) is 2. The minimum Gasteiger partial charge on any atom is -0.380 e. The first kappa shape index (κ1) is 12.9. The van der Waals surface area contributed by atoms with E-state index < -0.39 is 0 Å². The summed E-state index contributed by atoms with van der Waals surface area (Å²) in [6.45, 7) is 2.17. The number of carbonyl (C=O) groups excluding carboxylic acids is 1. The lowest BCUT2D eigenvalue weighted by molar-refractivity contribution is -0.114. The van der Waals surface area contributed by atoms with Crippen molar-refractivity contribution in [1.82, 2.24) is 0 Å². The molecule has 94 valence electrons. The van der Waals surface area contributed by atoms with Gasteiger partial charge in [0, 0.05) is 22.5 Å². The smallest absolute Gasteiger partial charge is 0.221 e. The topological polar surface area (TPSA) is 41.1 Å². The standard InChI is InChI=1S/C13H13ClN2OS/c1-9(17)16-12-5-6-18-13(12)8-15-11-4-2-3-10(14)7-11/h2-7,15H,8H2,1H3,(H,16,17). The Bertz CT molecular complexity index is 553. The molecular formula is C13H13ClN2OS.